The first kappa shape index (κ1) is 15.2. The monoisotopic (exact) mass is 242 g/mol. The largest absolute Gasteiger partial charge is 0.370 e. The van der Waals surface area contributed by atoms with E-state index in [0.29, 0.717) is 12.8 Å². The van der Waals surface area contributed by atoms with Crippen LogP contribution in [0.1, 0.15) is 26.7 Å². The zero-order valence-electron chi connectivity index (χ0n) is 10.3. The molecule has 0 aliphatic heterocycles. The lowest BCUT2D eigenvalue weighted by Crippen LogP contribution is -2.36. The molecule has 0 rings (SSSR count). The first-order valence-electron chi connectivity index (χ1n) is 5.58. The Hall–Kier alpha value is -1.79. The zero-order chi connectivity index (χ0) is 13.4. The van der Waals surface area contributed by atoms with E-state index in [1.807, 2.05) is 13.8 Å². The van der Waals surface area contributed by atoms with Crippen molar-refractivity contribution in [2.75, 3.05) is 0 Å². The Morgan fingerprint density at radius 2 is 1.35 bits per heavy atom. The van der Waals surface area contributed by atoms with Gasteiger partial charge in [-0.05, 0) is 12.8 Å². The number of nitrogens with two attached hydrogens (primary N) is 4. The SMILES string of the molecule is CCC(N=C(N)N)C(C=O)C(CC)N=C(N)N. The van der Waals surface area contributed by atoms with Crippen molar-refractivity contribution in [3.63, 3.8) is 0 Å². The second-order valence-electron chi connectivity index (χ2n) is 3.77. The molecule has 0 aliphatic rings. The first-order chi connectivity index (χ1) is 7.96. The minimum atomic E-state index is -0.422. The van der Waals surface area contributed by atoms with Gasteiger partial charge in [-0.25, -0.2) is 9.98 Å². The third-order valence-electron chi connectivity index (χ3n) is 2.51. The second kappa shape index (κ2) is 7.48. The number of guanidine groups is 2. The van der Waals surface area contributed by atoms with E-state index in [2.05, 4.69) is 9.98 Å². The quantitative estimate of drug-likeness (QED) is 0.254. The van der Waals surface area contributed by atoms with Crippen molar-refractivity contribution in [1.29, 1.82) is 0 Å². The molecule has 0 spiro atoms. The molecule has 98 valence electrons. The summed E-state index contributed by atoms with van der Waals surface area (Å²) in [6.45, 7) is 3.80. The van der Waals surface area contributed by atoms with Gasteiger partial charge in [-0.3, -0.25) is 0 Å². The molecule has 7 nitrogen and oxygen atoms in total. The van der Waals surface area contributed by atoms with Crippen LogP contribution in [0.5, 0.6) is 0 Å². The van der Waals surface area contributed by atoms with Gasteiger partial charge in [-0.1, -0.05) is 13.8 Å². The summed E-state index contributed by atoms with van der Waals surface area (Å²) in [5.41, 5.74) is 21.3. The standard InChI is InChI=1S/C10H22N6O/c1-3-7(15-9(11)12)6(5-17)8(4-2)16-10(13)14/h5-8H,3-4H2,1-2H3,(H4,11,12,15)(H4,13,14,16). The molecular formula is C10H22N6O. The number of hydrogen-bond acceptors (Lipinski definition) is 3. The molecule has 2 atom stereocenters. The lowest BCUT2D eigenvalue weighted by Gasteiger charge is -2.23. The van der Waals surface area contributed by atoms with Crippen molar-refractivity contribution in [2.45, 2.75) is 38.8 Å². The molecule has 17 heavy (non-hydrogen) atoms. The fraction of sp³-hybridized carbons (Fsp3) is 0.700. The van der Waals surface area contributed by atoms with E-state index >= 15 is 0 Å². The van der Waals surface area contributed by atoms with Crippen LogP contribution >= 0.6 is 0 Å². The minimum absolute atomic E-state index is 0.0387. The Kier molecular flexibility index (Phi) is 6.69. The molecule has 0 radical (unpaired) electrons. The first-order valence-corrected chi connectivity index (χ1v) is 5.58. The summed E-state index contributed by atoms with van der Waals surface area (Å²) in [5.74, 6) is -0.499. The molecule has 0 amide bonds. The van der Waals surface area contributed by atoms with Crippen molar-refractivity contribution in [2.24, 2.45) is 38.8 Å². The molecule has 0 fully saturated rings. The van der Waals surface area contributed by atoms with Crippen LogP contribution in [0.3, 0.4) is 0 Å². The van der Waals surface area contributed by atoms with Gasteiger partial charge in [0.2, 0.25) is 0 Å². The normalized spacial score (nSPS) is 15.4. The average Bonchev–Trinajstić information content (AvgIpc) is 2.25. The van der Waals surface area contributed by atoms with Crippen molar-refractivity contribution in [1.82, 2.24) is 0 Å². The number of aliphatic imine (C=N–C) groups is 2. The highest BCUT2D eigenvalue weighted by Gasteiger charge is 2.27. The van der Waals surface area contributed by atoms with Crippen LogP contribution in [0.2, 0.25) is 0 Å². The Balaban J connectivity index is 5.06. The third-order valence-corrected chi connectivity index (χ3v) is 2.51. The highest BCUT2D eigenvalue weighted by atomic mass is 16.1. The fourth-order valence-corrected chi connectivity index (χ4v) is 1.72. The van der Waals surface area contributed by atoms with E-state index in [-0.39, 0.29) is 24.0 Å². The molecule has 8 N–H and O–H groups in total. The van der Waals surface area contributed by atoms with Gasteiger partial charge in [0.15, 0.2) is 11.9 Å². The Labute approximate surface area is 101 Å². The Morgan fingerprint density at radius 1 is 1.00 bits per heavy atom. The van der Waals surface area contributed by atoms with E-state index in [0.717, 1.165) is 6.29 Å². The molecule has 0 aromatic heterocycles. The maximum Gasteiger partial charge on any atom is 0.186 e. The topological polar surface area (TPSA) is 146 Å². The van der Waals surface area contributed by atoms with Crippen molar-refractivity contribution >= 4 is 18.2 Å². The van der Waals surface area contributed by atoms with Gasteiger partial charge >= 0.3 is 0 Å². The summed E-state index contributed by atoms with van der Waals surface area (Å²) in [6.07, 6.45) is 2.08. The van der Waals surface area contributed by atoms with Crippen LogP contribution in [-0.4, -0.2) is 30.3 Å². The van der Waals surface area contributed by atoms with E-state index in [1.54, 1.807) is 0 Å². The highest BCUT2D eigenvalue weighted by Crippen LogP contribution is 2.19. The maximum absolute atomic E-state index is 11.2. The number of nitrogens with zero attached hydrogens (tertiary/aromatic N) is 2. The molecule has 0 bridgehead atoms. The zero-order valence-corrected chi connectivity index (χ0v) is 10.3. The van der Waals surface area contributed by atoms with Crippen LogP contribution in [0.15, 0.2) is 9.98 Å². The van der Waals surface area contributed by atoms with Gasteiger partial charge in [0.05, 0.1) is 18.0 Å². The van der Waals surface area contributed by atoms with Crippen LogP contribution < -0.4 is 22.9 Å². The Bertz CT molecular complexity index is 267. The molecular weight excluding hydrogens is 220 g/mol. The molecule has 0 heterocycles. The Morgan fingerprint density at radius 3 is 1.53 bits per heavy atom. The highest BCUT2D eigenvalue weighted by molar-refractivity contribution is 5.77. The van der Waals surface area contributed by atoms with Gasteiger partial charge < -0.3 is 27.7 Å². The number of rotatable bonds is 7. The van der Waals surface area contributed by atoms with E-state index in [9.17, 15) is 4.79 Å². The van der Waals surface area contributed by atoms with Gasteiger partial charge in [-0.2, -0.15) is 0 Å². The lowest BCUT2D eigenvalue weighted by atomic mass is 9.90. The molecule has 7 heteroatoms. The van der Waals surface area contributed by atoms with E-state index in [4.69, 9.17) is 22.9 Å². The average molecular weight is 242 g/mol. The van der Waals surface area contributed by atoms with Crippen LogP contribution in [0.4, 0.5) is 0 Å². The second-order valence-corrected chi connectivity index (χ2v) is 3.77. The summed E-state index contributed by atoms with van der Waals surface area (Å²) in [7, 11) is 0. The van der Waals surface area contributed by atoms with Crippen LogP contribution in [-0.2, 0) is 4.79 Å². The molecule has 0 aromatic rings. The molecule has 0 saturated carbocycles. The van der Waals surface area contributed by atoms with Crippen molar-refractivity contribution < 1.29 is 4.79 Å². The summed E-state index contributed by atoms with van der Waals surface area (Å²) in [4.78, 5) is 19.2. The van der Waals surface area contributed by atoms with E-state index in [1.165, 1.54) is 0 Å². The summed E-state index contributed by atoms with van der Waals surface area (Å²) < 4.78 is 0. The fourth-order valence-electron chi connectivity index (χ4n) is 1.72. The van der Waals surface area contributed by atoms with E-state index < -0.39 is 5.92 Å². The van der Waals surface area contributed by atoms with Gasteiger partial charge in [-0.15, -0.1) is 0 Å². The molecule has 0 saturated heterocycles. The lowest BCUT2D eigenvalue weighted by molar-refractivity contribution is -0.112. The third kappa shape index (κ3) is 5.19. The predicted molar refractivity (Wildman–Crippen MR) is 69.3 cm³/mol. The minimum Gasteiger partial charge on any atom is -0.370 e. The molecule has 0 aliphatic carbocycles. The molecule has 2 unspecified atom stereocenters. The number of aldehydes is 1. The summed E-state index contributed by atoms with van der Waals surface area (Å²) >= 11 is 0. The van der Waals surface area contributed by atoms with Crippen molar-refractivity contribution in [3.8, 4) is 0 Å². The summed E-state index contributed by atoms with van der Waals surface area (Å²) in [5, 5.41) is 0. The maximum atomic E-state index is 11.2. The summed E-state index contributed by atoms with van der Waals surface area (Å²) in [6, 6.07) is -0.601. The molecule has 0 aromatic carbocycles. The van der Waals surface area contributed by atoms with Crippen LogP contribution in [0.25, 0.3) is 0 Å². The van der Waals surface area contributed by atoms with Gasteiger partial charge in [0.25, 0.3) is 0 Å². The van der Waals surface area contributed by atoms with Crippen molar-refractivity contribution in [3.05, 3.63) is 0 Å². The number of carbonyl (C=O) groups excluding carboxylic acids is 1. The van der Waals surface area contributed by atoms with Gasteiger partial charge in [0, 0.05) is 0 Å². The smallest absolute Gasteiger partial charge is 0.186 e. The van der Waals surface area contributed by atoms with Gasteiger partial charge in [0.1, 0.15) is 6.29 Å². The number of carbonyl (C=O) groups is 1. The predicted octanol–water partition coefficient (Wildman–Crippen LogP) is -1.09. The number of hydrogen-bond donors (Lipinski definition) is 4. The van der Waals surface area contributed by atoms with Crippen LogP contribution in [0, 0.1) is 5.92 Å².